The van der Waals surface area contributed by atoms with Crippen molar-refractivity contribution in [3.63, 3.8) is 0 Å². The Labute approximate surface area is 94.0 Å². The normalized spacial score (nSPS) is 16.0. The molecule has 2 rings (SSSR count). The van der Waals surface area contributed by atoms with Crippen LogP contribution in [0.5, 0.6) is 5.75 Å². The number of benzene rings is 1. The Hall–Kier alpha value is -1.77. The highest BCUT2D eigenvalue weighted by atomic mass is 16.3. The van der Waals surface area contributed by atoms with Gasteiger partial charge >= 0.3 is 0 Å². The van der Waals surface area contributed by atoms with Crippen molar-refractivity contribution in [1.82, 2.24) is 0 Å². The molecule has 0 saturated heterocycles. The highest BCUT2D eigenvalue weighted by molar-refractivity contribution is 6.24. The van der Waals surface area contributed by atoms with Crippen LogP contribution in [0.1, 0.15) is 29.5 Å². The van der Waals surface area contributed by atoms with E-state index >= 15 is 0 Å². The molecule has 0 aromatic heterocycles. The number of allylic oxidation sites excluding steroid dienone is 2. The molecule has 16 heavy (non-hydrogen) atoms. The van der Waals surface area contributed by atoms with Crippen LogP contribution in [0.15, 0.2) is 17.9 Å². The molecule has 0 radical (unpaired) electrons. The molecule has 0 unspecified atom stereocenters. The predicted molar refractivity (Wildman–Crippen MR) is 61.4 cm³/mol. The van der Waals surface area contributed by atoms with Gasteiger partial charge in [0.05, 0.1) is 5.57 Å². The smallest absolute Gasteiger partial charge is 0.167 e. The summed E-state index contributed by atoms with van der Waals surface area (Å²) in [6.45, 7) is 3.65. The number of rotatable bonds is 1. The molecule has 1 aromatic carbocycles. The quantitative estimate of drug-likeness (QED) is 0.761. The molecule has 1 aromatic rings. The topological polar surface area (TPSA) is 57.5 Å². The standard InChI is InChI=1S/C13H14O3/c1-7-5-9(14)6-8(2)12(7)13-10(15)3-4-11(13)16/h5-6,14-15H,3-4H2,1-2H3. The Kier molecular flexibility index (Phi) is 2.46. The van der Waals surface area contributed by atoms with E-state index in [4.69, 9.17) is 0 Å². The van der Waals surface area contributed by atoms with Crippen molar-refractivity contribution in [2.24, 2.45) is 0 Å². The van der Waals surface area contributed by atoms with Crippen molar-refractivity contribution in [1.29, 1.82) is 0 Å². The first-order valence-corrected chi connectivity index (χ1v) is 5.26. The maximum Gasteiger partial charge on any atom is 0.167 e. The molecular formula is C13H14O3. The van der Waals surface area contributed by atoms with Gasteiger partial charge in [0.15, 0.2) is 5.78 Å². The molecule has 0 amide bonds. The third kappa shape index (κ3) is 1.58. The van der Waals surface area contributed by atoms with Crippen molar-refractivity contribution in [2.45, 2.75) is 26.7 Å². The SMILES string of the molecule is Cc1cc(O)cc(C)c1C1=C(O)CCC1=O. The van der Waals surface area contributed by atoms with Gasteiger partial charge in [-0.1, -0.05) is 0 Å². The maximum absolute atomic E-state index is 11.7. The van der Waals surface area contributed by atoms with Crippen LogP contribution in [0.2, 0.25) is 0 Å². The zero-order valence-corrected chi connectivity index (χ0v) is 9.37. The van der Waals surface area contributed by atoms with Crippen molar-refractivity contribution in [2.75, 3.05) is 0 Å². The molecule has 0 aliphatic heterocycles. The molecule has 84 valence electrons. The number of carbonyl (C=O) groups is 1. The average molecular weight is 218 g/mol. The molecule has 0 fully saturated rings. The minimum absolute atomic E-state index is 0.0191. The lowest BCUT2D eigenvalue weighted by Crippen LogP contribution is -2.01. The molecule has 2 N–H and O–H groups in total. The van der Waals surface area contributed by atoms with Gasteiger partial charge in [-0.3, -0.25) is 4.79 Å². The van der Waals surface area contributed by atoms with Crippen LogP contribution in [-0.4, -0.2) is 16.0 Å². The van der Waals surface area contributed by atoms with Crippen LogP contribution >= 0.6 is 0 Å². The number of hydrogen-bond acceptors (Lipinski definition) is 3. The van der Waals surface area contributed by atoms with E-state index in [0.717, 1.165) is 16.7 Å². The van der Waals surface area contributed by atoms with E-state index < -0.39 is 0 Å². The minimum Gasteiger partial charge on any atom is -0.512 e. The number of aliphatic hydroxyl groups is 1. The molecule has 1 aliphatic rings. The monoisotopic (exact) mass is 218 g/mol. The second-order valence-electron chi connectivity index (χ2n) is 4.20. The first-order valence-electron chi connectivity index (χ1n) is 5.26. The average Bonchev–Trinajstić information content (AvgIpc) is 2.47. The summed E-state index contributed by atoms with van der Waals surface area (Å²) in [6, 6.07) is 3.21. The first-order chi connectivity index (χ1) is 7.50. The second kappa shape index (κ2) is 3.67. The third-order valence-electron chi connectivity index (χ3n) is 2.92. The van der Waals surface area contributed by atoms with Crippen LogP contribution in [-0.2, 0) is 4.79 Å². The number of aromatic hydroxyl groups is 1. The van der Waals surface area contributed by atoms with Gasteiger partial charge in [-0.05, 0) is 42.7 Å². The van der Waals surface area contributed by atoms with Crippen molar-refractivity contribution in [3.05, 3.63) is 34.6 Å². The highest BCUT2D eigenvalue weighted by Crippen LogP contribution is 2.34. The molecule has 1 aliphatic carbocycles. The fourth-order valence-electron chi connectivity index (χ4n) is 2.26. The summed E-state index contributed by atoms with van der Waals surface area (Å²) in [7, 11) is 0. The summed E-state index contributed by atoms with van der Waals surface area (Å²) in [4.78, 5) is 11.7. The summed E-state index contributed by atoms with van der Waals surface area (Å²) < 4.78 is 0. The van der Waals surface area contributed by atoms with Crippen molar-refractivity contribution >= 4 is 11.4 Å². The van der Waals surface area contributed by atoms with Gasteiger partial charge < -0.3 is 10.2 Å². The van der Waals surface area contributed by atoms with Gasteiger partial charge in [0.25, 0.3) is 0 Å². The lowest BCUT2D eigenvalue weighted by atomic mass is 9.94. The van der Waals surface area contributed by atoms with Crippen LogP contribution in [0, 0.1) is 13.8 Å². The van der Waals surface area contributed by atoms with Gasteiger partial charge in [0.1, 0.15) is 11.5 Å². The molecular weight excluding hydrogens is 204 g/mol. The summed E-state index contributed by atoms with van der Waals surface area (Å²) in [6.07, 6.45) is 0.800. The first kappa shape index (κ1) is 10.7. The van der Waals surface area contributed by atoms with E-state index in [-0.39, 0.29) is 17.3 Å². The number of phenolic OH excluding ortho intramolecular Hbond substituents is 1. The number of aryl methyl sites for hydroxylation is 2. The van der Waals surface area contributed by atoms with Gasteiger partial charge in [-0.15, -0.1) is 0 Å². The number of aliphatic hydroxyl groups excluding tert-OH is 1. The Morgan fingerprint density at radius 1 is 1.06 bits per heavy atom. The summed E-state index contributed by atoms with van der Waals surface area (Å²) in [5, 5.41) is 19.2. The van der Waals surface area contributed by atoms with E-state index in [1.165, 1.54) is 0 Å². The molecule has 0 spiro atoms. The fourth-order valence-corrected chi connectivity index (χ4v) is 2.26. The zero-order valence-electron chi connectivity index (χ0n) is 9.37. The Morgan fingerprint density at radius 3 is 2.06 bits per heavy atom. The Bertz CT molecular complexity index is 475. The lowest BCUT2D eigenvalue weighted by molar-refractivity contribution is -0.113. The zero-order chi connectivity index (χ0) is 11.9. The van der Waals surface area contributed by atoms with E-state index in [1.807, 2.05) is 13.8 Å². The molecule has 0 heterocycles. The van der Waals surface area contributed by atoms with Crippen LogP contribution in [0.25, 0.3) is 5.57 Å². The van der Waals surface area contributed by atoms with Crippen molar-refractivity contribution in [3.8, 4) is 5.75 Å². The number of Topliss-reactive ketones (excluding diaryl/α,β-unsaturated/α-hetero) is 1. The number of carbonyl (C=O) groups excluding carboxylic acids is 1. The lowest BCUT2D eigenvalue weighted by Gasteiger charge is -2.11. The van der Waals surface area contributed by atoms with Crippen LogP contribution in [0.3, 0.4) is 0 Å². The Morgan fingerprint density at radius 2 is 1.62 bits per heavy atom. The van der Waals surface area contributed by atoms with E-state index in [9.17, 15) is 15.0 Å². The van der Waals surface area contributed by atoms with E-state index in [2.05, 4.69) is 0 Å². The second-order valence-corrected chi connectivity index (χ2v) is 4.20. The molecule has 3 nitrogen and oxygen atoms in total. The predicted octanol–water partition coefficient (Wildman–Crippen LogP) is 2.64. The number of phenols is 1. The molecule has 3 heteroatoms. The van der Waals surface area contributed by atoms with E-state index in [0.29, 0.717) is 18.4 Å². The van der Waals surface area contributed by atoms with Crippen LogP contribution < -0.4 is 0 Å². The third-order valence-corrected chi connectivity index (χ3v) is 2.92. The molecule has 0 atom stereocenters. The van der Waals surface area contributed by atoms with Gasteiger partial charge in [0, 0.05) is 12.8 Å². The summed E-state index contributed by atoms with van der Waals surface area (Å²) in [5.41, 5.74) is 2.82. The minimum atomic E-state index is -0.0191. The van der Waals surface area contributed by atoms with E-state index in [1.54, 1.807) is 12.1 Å². The molecule has 0 saturated carbocycles. The van der Waals surface area contributed by atoms with Gasteiger partial charge in [-0.2, -0.15) is 0 Å². The largest absolute Gasteiger partial charge is 0.512 e. The van der Waals surface area contributed by atoms with Crippen LogP contribution in [0.4, 0.5) is 0 Å². The number of hydrogen-bond donors (Lipinski definition) is 2. The summed E-state index contributed by atoms with van der Waals surface area (Å²) >= 11 is 0. The highest BCUT2D eigenvalue weighted by Gasteiger charge is 2.26. The number of ketones is 1. The van der Waals surface area contributed by atoms with Gasteiger partial charge in [-0.25, -0.2) is 0 Å². The molecule has 0 bridgehead atoms. The van der Waals surface area contributed by atoms with Crippen molar-refractivity contribution < 1.29 is 15.0 Å². The summed E-state index contributed by atoms with van der Waals surface area (Å²) in [5.74, 6) is 0.334. The Balaban J connectivity index is 2.65. The maximum atomic E-state index is 11.7. The van der Waals surface area contributed by atoms with Gasteiger partial charge in [0.2, 0.25) is 0 Å². The fraction of sp³-hybridized carbons (Fsp3) is 0.308.